The van der Waals surface area contributed by atoms with Crippen LogP contribution in [-0.4, -0.2) is 58.2 Å². The van der Waals surface area contributed by atoms with E-state index in [4.69, 9.17) is 10.2 Å². The van der Waals surface area contributed by atoms with Crippen molar-refractivity contribution in [3.8, 4) is 0 Å². The van der Waals surface area contributed by atoms with Crippen molar-refractivity contribution in [2.45, 2.75) is 98.9 Å². The summed E-state index contributed by atoms with van der Waals surface area (Å²) in [5, 5.41) is 27.8. The van der Waals surface area contributed by atoms with Gasteiger partial charge in [0.1, 0.15) is 5.69 Å². The van der Waals surface area contributed by atoms with E-state index >= 15 is 0 Å². The van der Waals surface area contributed by atoms with Gasteiger partial charge >= 0.3 is 51.4 Å². The van der Waals surface area contributed by atoms with Crippen molar-refractivity contribution < 1.29 is 83.9 Å². The van der Waals surface area contributed by atoms with Gasteiger partial charge in [-0.2, -0.15) is 0 Å². The first-order chi connectivity index (χ1) is 24.6. The molecule has 2 aromatic carbocycles. The second kappa shape index (κ2) is 28.9. The summed E-state index contributed by atoms with van der Waals surface area (Å²) >= 11 is 0. The van der Waals surface area contributed by atoms with Crippen molar-refractivity contribution in [2.24, 2.45) is 0 Å². The van der Waals surface area contributed by atoms with Crippen molar-refractivity contribution in [3.05, 3.63) is 119 Å². The van der Waals surface area contributed by atoms with Crippen molar-refractivity contribution in [1.82, 2.24) is 9.97 Å². The molecule has 290 valence electrons. The zero-order valence-electron chi connectivity index (χ0n) is 32.4. The Morgan fingerprint density at radius 3 is 1.39 bits per heavy atom. The Morgan fingerprint density at radius 2 is 1.04 bits per heavy atom. The van der Waals surface area contributed by atoms with Crippen molar-refractivity contribution in [2.75, 3.05) is 36.0 Å². The summed E-state index contributed by atoms with van der Waals surface area (Å²) in [6, 6.07) is 23.9. The number of carbonyl (C=O) groups is 1. The molecule has 2 fully saturated rings. The van der Waals surface area contributed by atoms with Gasteiger partial charge in [-0.05, 0) is 97.5 Å². The minimum Gasteiger partial charge on any atom is -1.00 e. The zero-order valence-corrected chi connectivity index (χ0v) is 36.3. The predicted molar refractivity (Wildman–Crippen MR) is 216 cm³/mol. The summed E-state index contributed by atoms with van der Waals surface area (Å²) in [5.74, 6) is 0. The molecule has 6 rings (SSSR count). The van der Waals surface area contributed by atoms with Gasteiger partial charge < -0.3 is 37.5 Å². The van der Waals surface area contributed by atoms with E-state index < -0.39 is 5.60 Å². The topological polar surface area (TPSA) is 113 Å². The van der Waals surface area contributed by atoms with E-state index in [1.165, 1.54) is 49.8 Å². The third-order valence-electron chi connectivity index (χ3n) is 8.33. The molecule has 0 radical (unpaired) electrons. The van der Waals surface area contributed by atoms with Crippen LogP contribution in [0.3, 0.4) is 0 Å². The minimum atomic E-state index is -0.750. The van der Waals surface area contributed by atoms with Crippen LogP contribution in [0.1, 0.15) is 112 Å². The Morgan fingerprint density at radius 1 is 0.648 bits per heavy atom. The third kappa shape index (κ3) is 21.0. The molecular weight excluding hydrogens is 723 g/mol. The summed E-state index contributed by atoms with van der Waals surface area (Å²) < 4.78 is 0. The Bertz CT molecular complexity index is 1520. The number of pyridine rings is 2. The molecule has 0 atom stereocenters. The Balaban J connectivity index is 0.000000760. The first-order valence-corrected chi connectivity index (χ1v) is 18.3. The maximum absolute atomic E-state index is 10.4. The monoisotopic (exact) mass is 783 g/mol. The number of aldehydes is 1. The van der Waals surface area contributed by atoms with E-state index in [9.17, 15) is 9.90 Å². The molecule has 4 heterocycles. The van der Waals surface area contributed by atoms with E-state index in [1.54, 1.807) is 33.0 Å². The fourth-order valence-electron chi connectivity index (χ4n) is 5.44. The average molecular weight is 785 g/mol. The summed E-state index contributed by atoms with van der Waals surface area (Å²) in [6.07, 6.45) is 17.4. The molecule has 0 unspecified atom stereocenters. The van der Waals surface area contributed by atoms with Gasteiger partial charge in [-0.3, -0.25) is 14.8 Å². The van der Waals surface area contributed by atoms with Crippen molar-refractivity contribution >= 4 is 29.8 Å². The van der Waals surface area contributed by atoms with Gasteiger partial charge in [-0.15, -0.1) is 5.60 Å². The number of aliphatic hydroxyl groups is 2. The quantitative estimate of drug-likeness (QED) is 0.207. The molecule has 0 amide bonds. The maximum Gasteiger partial charge on any atom is 1.00 e. The third-order valence-corrected chi connectivity index (χ3v) is 8.33. The maximum atomic E-state index is 10.4. The van der Waals surface area contributed by atoms with Crippen molar-refractivity contribution in [1.29, 1.82) is 0 Å². The number of carbonyl (C=O) groups excluding carboxylic acids is 1. The Labute approximate surface area is 374 Å². The van der Waals surface area contributed by atoms with Gasteiger partial charge in [0.05, 0.1) is 42.7 Å². The van der Waals surface area contributed by atoms with Gasteiger partial charge in [-0.25, -0.2) is 0 Å². The Hall–Kier alpha value is -2.44. The molecule has 0 saturated carbocycles. The van der Waals surface area contributed by atoms with Crippen molar-refractivity contribution in [3.63, 3.8) is 0 Å². The van der Waals surface area contributed by atoms with E-state index in [0.717, 1.165) is 67.0 Å². The molecule has 0 spiro atoms. The minimum absolute atomic E-state index is 0. The van der Waals surface area contributed by atoms with Gasteiger partial charge in [0, 0.05) is 26.2 Å². The van der Waals surface area contributed by atoms with E-state index in [0.29, 0.717) is 5.69 Å². The van der Waals surface area contributed by atoms with E-state index in [-0.39, 0.29) is 84.4 Å². The number of piperidine rings is 2. The molecular formula is C44H61ClKN4O4-. The molecule has 2 aromatic heterocycles. The molecule has 8 nitrogen and oxygen atoms in total. The van der Waals surface area contributed by atoms with Crippen LogP contribution >= 0.6 is 0 Å². The van der Waals surface area contributed by atoms with Crippen LogP contribution in [0.2, 0.25) is 0 Å². The number of aryl methyl sites for hydroxylation is 1. The summed E-state index contributed by atoms with van der Waals surface area (Å²) in [5.41, 5.74) is 7.42. The number of nitrogens with zero attached hydrogens (tertiary/aromatic N) is 4. The van der Waals surface area contributed by atoms with E-state index in [1.807, 2.05) is 72.9 Å². The van der Waals surface area contributed by atoms with E-state index in [2.05, 4.69) is 38.8 Å². The van der Waals surface area contributed by atoms with Crippen LogP contribution in [-0.2, 0) is 19.6 Å². The van der Waals surface area contributed by atoms with Crippen LogP contribution in [0.15, 0.2) is 85.2 Å². The summed E-state index contributed by atoms with van der Waals surface area (Å²) in [7, 11) is 0. The number of hydrogen-bond donors (Lipinski definition) is 2. The molecule has 0 bridgehead atoms. The van der Waals surface area contributed by atoms with Crippen LogP contribution < -0.4 is 78.7 Å². The summed E-state index contributed by atoms with van der Waals surface area (Å²) in [4.78, 5) is 23.8. The summed E-state index contributed by atoms with van der Waals surface area (Å²) in [6.45, 7) is 11.8. The second-order valence-corrected chi connectivity index (χ2v) is 13.8. The largest absolute Gasteiger partial charge is 1.00 e. The standard InChI is InChI=1S/C19H22N2O.C11H14N2O.C9H12O.C4H9O.CH4.ClH.K/c22-15-17-6-4-16(5-7-17)8-9-18-10-11-19(14-20-18)21-12-2-1-3-13-21;14-9-10-4-5-11(8-12-10)13-6-2-1-3-7-13;1-2-8-3-5-9(7-10)6-4-8;1-4(2,3)5;;;/h4-11,14,22H,1-3,12-13,15H2;4-5,8-9H,1-3,6-7H2;3-6,10H,2,7H2,1H3;1-3H3;1H4;1H;/q;;;-1;;;+1/p-1. The number of rotatable bonds is 8. The molecule has 2 aliphatic heterocycles. The first kappa shape index (κ1) is 51.6. The molecule has 0 aliphatic carbocycles. The van der Waals surface area contributed by atoms with Gasteiger partial charge in [0.25, 0.3) is 0 Å². The first-order valence-electron chi connectivity index (χ1n) is 18.3. The zero-order chi connectivity index (χ0) is 36.9. The van der Waals surface area contributed by atoms with Gasteiger partial charge in [0.15, 0.2) is 6.29 Å². The molecule has 2 aliphatic rings. The number of aliphatic hydroxyl groups excluding tert-OH is 2. The Kier molecular flexibility index (Phi) is 27.6. The predicted octanol–water partition coefficient (Wildman–Crippen LogP) is 2.15. The number of halogens is 1. The SMILES string of the molecule is C.CC(C)(C)[O-].CCc1ccc(CO)cc1.O=Cc1ccc(N2CCCCC2)cn1.OCc1ccc(C=Cc2ccc(N3CCCCC3)cn2)cc1.[Cl-].[K+]. The molecule has 54 heavy (non-hydrogen) atoms. The van der Waals surface area contributed by atoms with Crippen LogP contribution in [0, 0.1) is 0 Å². The second-order valence-electron chi connectivity index (χ2n) is 13.8. The van der Waals surface area contributed by atoms with Crippen LogP contribution in [0.5, 0.6) is 0 Å². The smallest absolute Gasteiger partial charge is 1.00 e. The van der Waals surface area contributed by atoms with Crippen LogP contribution in [0.25, 0.3) is 12.2 Å². The molecule has 2 saturated heterocycles. The molecule has 4 aromatic rings. The molecule has 2 N–H and O–H groups in total. The number of aromatic nitrogens is 2. The van der Waals surface area contributed by atoms with Gasteiger partial charge in [0.2, 0.25) is 0 Å². The molecule has 10 heteroatoms. The van der Waals surface area contributed by atoms with Gasteiger partial charge in [-0.1, -0.05) is 89.7 Å². The number of anilines is 2. The number of hydrogen-bond acceptors (Lipinski definition) is 8. The fourth-order valence-corrected chi connectivity index (χ4v) is 5.44. The normalized spacial score (nSPS) is 13.5. The van der Waals surface area contributed by atoms with Crippen LogP contribution in [0.4, 0.5) is 11.4 Å². The fraction of sp³-hybridized carbons (Fsp3) is 0.432. The number of benzene rings is 2. The average Bonchev–Trinajstić information content (AvgIpc) is 3.18.